The first-order valence-corrected chi connectivity index (χ1v) is 9.97. The number of ether oxygens (including phenoxy) is 1. The normalized spacial score (nSPS) is 14.1. The van der Waals surface area contributed by atoms with Crippen LogP contribution < -0.4 is 10.1 Å². The standard InChI is InChI=1S/C17H27BrN2O.C2H2O4/c1-15-6-7-17(16(18)14-15)21-13-5-3-2-4-10-20-11-8-19-9-12-20;3-1(4)2(5)6/h6-7,14,19H,2-5,8-13H2,1H3;(H,3,4)(H,5,6). The summed E-state index contributed by atoms with van der Waals surface area (Å²) in [4.78, 5) is 20.8. The number of benzene rings is 1. The molecule has 152 valence electrons. The van der Waals surface area contributed by atoms with E-state index in [-0.39, 0.29) is 0 Å². The van der Waals surface area contributed by atoms with Crippen molar-refractivity contribution in [2.75, 3.05) is 39.3 Å². The molecular formula is C19H29BrN2O5. The monoisotopic (exact) mass is 444 g/mol. The van der Waals surface area contributed by atoms with Gasteiger partial charge in [0.25, 0.3) is 0 Å². The van der Waals surface area contributed by atoms with Crippen LogP contribution in [0.1, 0.15) is 31.2 Å². The van der Waals surface area contributed by atoms with E-state index in [1.54, 1.807) is 0 Å². The summed E-state index contributed by atoms with van der Waals surface area (Å²) in [5, 5.41) is 18.2. The molecule has 0 atom stereocenters. The van der Waals surface area contributed by atoms with Gasteiger partial charge in [0.05, 0.1) is 11.1 Å². The van der Waals surface area contributed by atoms with Crippen molar-refractivity contribution < 1.29 is 24.5 Å². The van der Waals surface area contributed by atoms with Gasteiger partial charge in [-0.3, -0.25) is 0 Å². The number of nitrogens with zero attached hydrogens (tertiary/aromatic N) is 1. The highest BCUT2D eigenvalue weighted by Crippen LogP contribution is 2.25. The summed E-state index contributed by atoms with van der Waals surface area (Å²) >= 11 is 3.55. The van der Waals surface area contributed by atoms with E-state index in [9.17, 15) is 0 Å². The third kappa shape index (κ3) is 10.9. The Morgan fingerprint density at radius 1 is 1.11 bits per heavy atom. The van der Waals surface area contributed by atoms with Crippen molar-refractivity contribution in [2.45, 2.75) is 32.6 Å². The number of halogens is 1. The van der Waals surface area contributed by atoms with Gasteiger partial charge >= 0.3 is 11.9 Å². The Morgan fingerprint density at radius 2 is 1.74 bits per heavy atom. The first kappa shape index (κ1) is 23.4. The number of hydrogen-bond donors (Lipinski definition) is 3. The maximum Gasteiger partial charge on any atom is 0.414 e. The summed E-state index contributed by atoms with van der Waals surface area (Å²) in [6.45, 7) is 8.89. The zero-order valence-electron chi connectivity index (χ0n) is 15.7. The lowest BCUT2D eigenvalue weighted by atomic mass is 10.2. The molecule has 1 aromatic rings. The van der Waals surface area contributed by atoms with Gasteiger partial charge in [0.2, 0.25) is 0 Å². The minimum absolute atomic E-state index is 0.815. The molecule has 1 aliphatic heterocycles. The predicted octanol–water partition coefficient (Wildman–Crippen LogP) is 2.76. The molecule has 3 N–H and O–H groups in total. The Bertz CT molecular complexity index is 579. The van der Waals surface area contributed by atoms with Gasteiger partial charge < -0.3 is 25.2 Å². The number of nitrogens with one attached hydrogen (secondary N) is 1. The number of aliphatic carboxylic acids is 2. The van der Waals surface area contributed by atoms with Crippen LogP contribution in [0.15, 0.2) is 22.7 Å². The number of hydrogen-bond acceptors (Lipinski definition) is 5. The highest BCUT2D eigenvalue weighted by atomic mass is 79.9. The third-order valence-electron chi connectivity index (χ3n) is 4.11. The van der Waals surface area contributed by atoms with Crippen molar-refractivity contribution >= 4 is 27.9 Å². The largest absolute Gasteiger partial charge is 0.492 e. The second kappa shape index (κ2) is 13.5. The fourth-order valence-corrected chi connectivity index (χ4v) is 3.24. The van der Waals surface area contributed by atoms with Crippen LogP contribution in [0.5, 0.6) is 5.75 Å². The molecule has 0 saturated carbocycles. The fourth-order valence-electron chi connectivity index (χ4n) is 2.63. The molecule has 0 aliphatic carbocycles. The Kier molecular flexibility index (Phi) is 11.7. The summed E-state index contributed by atoms with van der Waals surface area (Å²) < 4.78 is 6.88. The highest BCUT2D eigenvalue weighted by molar-refractivity contribution is 9.10. The van der Waals surface area contributed by atoms with Gasteiger partial charge in [-0.1, -0.05) is 18.9 Å². The molecule has 0 unspecified atom stereocenters. The van der Waals surface area contributed by atoms with Crippen molar-refractivity contribution in [3.8, 4) is 5.75 Å². The number of carbonyl (C=O) groups is 2. The van der Waals surface area contributed by atoms with E-state index < -0.39 is 11.9 Å². The number of carboxylic acid groups (broad SMARTS) is 2. The molecule has 1 aliphatic rings. The number of rotatable bonds is 8. The van der Waals surface area contributed by atoms with E-state index in [4.69, 9.17) is 24.5 Å². The van der Waals surface area contributed by atoms with E-state index >= 15 is 0 Å². The molecule has 1 saturated heterocycles. The van der Waals surface area contributed by atoms with Crippen molar-refractivity contribution in [3.63, 3.8) is 0 Å². The molecule has 8 heteroatoms. The third-order valence-corrected chi connectivity index (χ3v) is 4.73. The molecule has 7 nitrogen and oxygen atoms in total. The van der Waals surface area contributed by atoms with Crippen LogP contribution in [-0.2, 0) is 9.59 Å². The highest BCUT2D eigenvalue weighted by Gasteiger charge is 2.08. The number of aryl methyl sites for hydroxylation is 1. The van der Waals surface area contributed by atoms with E-state index in [1.807, 2.05) is 6.07 Å². The van der Waals surface area contributed by atoms with Crippen LogP contribution >= 0.6 is 15.9 Å². The zero-order valence-corrected chi connectivity index (χ0v) is 17.3. The maximum atomic E-state index is 9.10. The molecule has 2 rings (SSSR count). The van der Waals surface area contributed by atoms with Crippen molar-refractivity contribution in [1.82, 2.24) is 10.2 Å². The lowest BCUT2D eigenvalue weighted by Gasteiger charge is -2.27. The maximum absolute atomic E-state index is 9.10. The minimum atomic E-state index is -1.82. The summed E-state index contributed by atoms with van der Waals surface area (Å²) in [6.07, 6.45) is 5.02. The fraction of sp³-hybridized carbons (Fsp3) is 0.579. The Morgan fingerprint density at radius 3 is 2.33 bits per heavy atom. The molecule has 27 heavy (non-hydrogen) atoms. The van der Waals surface area contributed by atoms with Gasteiger partial charge in [-0.05, 0) is 59.9 Å². The van der Waals surface area contributed by atoms with Crippen LogP contribution in [0.25, 0.3) is 0 Å². The number of unbranched alkanes of at least 4 members (excludes halogenated alkanes) is 3. The van der Waals surface area contributed by atoms with Gasteiger partial charge in [0.15, 0.2) is 0 Å². The van der Waals surface area contributed by atoms with Crippen molar-refractivity contribution in [3.05, 3.63) is 28.2 Å². The van der Waals surface area contributed by atoms with Crippen molar-refractivity contribution in [1.29, 1.82) is 0 Å². The molecule has 1 aromatic carbocycles. The van der Waals surface area contributed by atoms with Gasteiger partial charge in [-0.25, -0.2) is 9.59 Å². The first-order valence-electron chi connectivity index (χ1n) is 9.18. The Hall–Kier alpha value is -1.64. The lowest BCUT2D eigenvalue weighted by Crippen LogP contribution is -2.43. The molecule has 0 radical (unpaired) electrons. The average molecular weight is 445 g/mol. The molecule has 0 aromatic heterocycles. The zero-order chi connectivity index (χ0) is 20.1. The molecule has 0 spiro atoms. The van der Waals surface area contributed by atoms with Gasteiger partial charge in [0.1, 0.15) is 5.75 Å². The van der Waals surface area contributed by atoms with Crippen LogP contribution in [0.4, 0.5) is 0 Å². The van der Waals surface area contributed by atoms with Gasteiger partial charge in [0, 0.05) is 26.2 Å². The van der Waals surface area contributed by atoms with Crippen LogP contribution in [0.3, 0.4) is 0 Å². The predicted molar refractivity (Wildman–Crippen MR) is 107 cm³/mol. The van der Waals surface area contributed by atoms with Crippen molar-refractivity contribution in [2.24, 2.45) is 0 Å². The quantitative estimate of drug-likeness (QED) is 0.418. The lowest BCUT2D eigenvalue weighted by molar-refractivity contribution is -0.159. The number of piperazine rings is 1. The van der Waals surface area contributed by atoms with E-state index in [2.05, 4.69) is 45.2 Å². The Labute approximate surface area is 168 Å². The molecular weight excluding hydrogens is 416 g/mol. The molecule has 0 bridgehead atoms. The molecule has 1 heterocycles. The van der Waals surface area contributed by atoms with Crippen LogP contribution in [0, 0.1) is 6.92 Å². The van der Waals surface area contributed by atoms with E-state index in [1.165, 1.54) is 44.5 Å². The minimum Gasteiger partial charge on any atom is -0.492 e. The number of carboxylic acids is 2. The average Bonchev–Trinajstić information content (AvgIpc) is 2.64. The van der Waals surface area contributed by atoms with E-state index in [0.29, 0.717) is 0 Å². The molecule has 0 amide bonds. The first-order chi connectivity index (χ1) is 12.9. The van der Waals surface area contributed by atoms with Gasteiger partial charge in [-0.2, -0.15) is 0 Å². The smallest absolute Gasteiger partial charge is 0.414 e. The molecule has 1 fully saturated rings. The summed E-state index contributed by atoms with van der Waals surface area (Å²) in [5.41, 5.74) is 1.25. The SMILES string of the molecule is Cc1ccc(OCCCCCCN2CCNCC2)c(Br)c1.O=C(O)C(=O)O. The van der Waals surface area contributed by atoms with Gasteiger partial charge in [-0.15, -0.1) is 0 Å². The van der Waals surface area contributed by atoms with Crippen LogP contribution in [-0.4, -0.2) is 66.4 Å². The Balaban J connectivity index is 0.000000527. The van der Waals surface area contributed by atoms with E-state index in [0.717, 1.165) is 36.3 Å². The van der Waals surface area contributed by atoms with Crippen LogP contribution in [0.2, 0.25) is 0 Å². The second-order valence-electron chi connectivity index (χ2n) is 6.40. The summed E-state index contributed by atoms with van der Waals surface area (Å²) in [5.74, 6) is -2.69. The summed E-state index contributed by atoms with van der Waals surface area (Å²) in [6, 6.07) is 6.24. The topological polar surface area (TPSA) is 99.1 Å². The second-order valence-corrected chi connectivity index (χ2v) is 7.25. The summed E-state index contributed by atoms with van der Waals surface area (Å²) in [7, 11) is 0.